The van der Waals surface area contributed by atoms with Gasteiger partial charge >= 0.3 is 5.97 Å². The van der Waals surface area contributed by atoms with Crippen LogP contribution in [0.3, 0.4) is 0 Å². The standard InChI is InChI=1S/C13H15N3O5/c1-9(17)14-4-6-15(7-5-14)11-3-2-10(13(18)19)8-12(11)16(20)21/h2-3,8H,4-7H2,1H3,(H,18,19). The molecule has 0 atom stereocenters. The summed E-state index contributed by atoms with van der Waals surface area (Å²) in [4.78, 5) is 36.2. The highest BCUT2D eigenvalue weighted by Crippen LogP contribution is 2.30. The van der Waals surface area contributed by atoms with Crippen molar-refractivity contribution in [2.75, 3.05) is 31.1 Å². The smallest absolute Gasteiger partial charge is 0.335 e. The topological polar surface area (TPSA) is 104 Å². The van der Waals surface area contributed by atoms with Crippen LogP contribution in [0, 0.1) is 10.1 Å². The van der Waals surface area contributed by atoms with Crippen LogP contribution in [-0.2, 0) is 4.79 Å². The van der Waals surface area contributed by atoms with Crippen LogP contribution >= 0.6 is 0 Å². The fourth-order valence-corrected chi connectivity index (χ4v) is 2.33. The third-order valence-corrected chi connectivity index (χ3v) is 3.48. The number of benzene rings is 1. The van der Waals surface area contributed by atoms with Crippen molar-refractivity contribution in [2.45, 2.75) is 6.92 Å². The molecule has 0 spiro atoms. The average Bonchev–Trinajstić information content (AvgIpc) is 2.46. The van der Waals surface area contributed by atoms with Crippen LogP contribution in [0.2, 0.25) is 0 Å². The van der Waals surface area contributed by atoms with E-state index in [0.717, 1.165) is 6.07 Å². The molecular weight excluding hydrogens is 278 g/mol. The second-order valence-corrected chi connectivity index (χ2v) is 4.76. The first-order chi connectivity index (χ1) is 9.90. The van der Waals surface area contributed by atoms with Gasteiger partial charge in [0.05, 0.1) is 10.5 Å². The molecule has 21 heavy (non-hydrogen) atoms. The van der Waals surface area contributed by atoms with Crippen LogP contribution < -0.4 is 4.90 Å². The monoisotopic (exact) mass is 293 g/mol. The van der Waals surface area contributed by atoms with Gasteiger partial charge in [0.2, 0.25) is 5.91 Å². The lowest BCUT2D eigenvalue weighted by Crippen LogP contribution is -2.48. The number of piperazine rings is 1. The van der Waals surface area contributed by atoms with Gasteiger partial charge in [0.15, 0.2) is 0 Å². The normalized spacial score (nSPS) is 14.9. The van der Waals surface area contributed by atoms with E-state index in [2.05, 4.69) is 0 Å². The molecule has 0 aliphatic carbocycles. The molecule has 1 aromatic carbocycles. The molecule has 112 valence electrons. The Hall–Kier alpha value is -2.64. The van der Waals surface area contributed by atoms with Crippen molar-refractivity contribution in [1.29, 1.82) is 0 Å². The number of rotatable bonds is 3. The average molecular weight is 293 g/mol. The highest BCUT2D eigenvalue weighted by atomic mass is 16.6. The Morgan fingerprint density at radius 2 is 1.86 bits per heavy atom. The minimum absolute atomic E-state index is 0.0228. The molecule has 0 radical (unpaired) electrons. The molecule has 8 heteroatoms. The van der Waals surface area contributed by atoms with Gasteiger partial charge in [-0.1, -0.05) is 0 Å². The molecule has 2 rings (SSSR count). The van der Waals surface area contributed by atoms with E-state index in [9.17, 15) is 19.7 Å². The number of nitrogens with zero attached hydrogens (tertiary/aromatic N) is 3. The summed E-state index contributed by atoms with van der Waals surface area (Å²) in [6.45, 7) is 3.43. The molecular formula is C13H15N3O5. The minimum atomic E-state index is -1.20. The van der Waals surface area contributed by atoms with E-state index in [-0.39, 0.29) is 17.2 Å². The molecule has 1 aliphatic heterocycles. The molecule has 1 amide bonds. The molecule has 1 aliphatic rings. The Morgan fingerprint density at radius 1 is 1.24 bits per heavy atom. The number of carbonyl (C=O) groups excluding carboxylic acids is 1. The fraction of sp³-hybridized carbons (Fsp3) is 0.385. The highest BCUT2D eigenvalue weighted by Gasteiger charge is 2.25. The molecule has 0 saturated carbocycles. The maximum absolute atomic E-state index is 11.3. The highest BCUT2D eigenvalue weighted by molar-refractivity contribution is 5.90. The number of hydrogen-bond acceptors (Lipinski definition) is 5. The number of carboxylic acids is 1. The number of hydrogen-bond donors (Lipinski definition) is 1. The Balaban J connectivity index is 2.26. The van der Waals surface area contributed by atoms with Crippen LogP contribution in [0.15, 0.2) is 18.2 Å². The SMILES string of the molecule is CC(=O)N1CCN(c2ccc(C(=O)O)cc2[N+](=O)[O-])CC1. The van der Waals surface area contributed by atoms with Crippen LogP contribution in [0.5, 0.6) is 0 Å². The zero-order valence-electron chi connectivity index (χ0n) is 11.5. The van der Waals surface area contributed by atoms with Crippen molar-refractivity contribution in [3.63, 3.8) is 0 Å². The molecule has 0 aromatic heterocycles. The van der Waals surface area contributed by atoms with Gasteiger partial charge in [-0.2, -0.15) is 0 Å². The summed E-state index contributed by atoms with van der Waals surface area (Å²) < 4.78 is 0. The Morgan fingerprint density at radius 3 is 2.33 bits per heavy atom. The number of amides is 1. The summed E-state index contributed by atoms with van der Waals surface area (Å²) in [6.07, 6.45) is 0. The lowest BCUT2D eigenvalue weighted by molar-refractivity contribution is -0.384. The number of anilines is 1. The summed E-state index contributed by atoms with van der Waals surface area (Å²) in [5.74, 6) is -1.23. The van der Waals surface area contributed by atoms with E-state index in [0.29, 0.717) is 31.9 Å². The van der Waals surface area contributed by atoms with E-state index in [4.69, 9.17) is 5.11 Å². The third-order valence-electron chi connectivity index (χ3n) is 3.48. The van der Waals surface area contributed by atoms with Crippen LogP contribution in [0.1, 0.15) is 17.3 Å². The minimum Gasteiger partial charge on any atom is -0.478 e. The first-order valence-electron chi connectivity index (χ1n) is 6.42. The number of carbonyl (C=O) groups is 2. The van der Waals surface area contributed by atoms with Crippen molar-refractivity contribution >= 4 is 23.3 Å². The van der Waals surface area contributed by atoms with Gasteiger partial charge in [-0.25, -0.2) is 4.79 Å². The number of aromatic carboxylic acids is 1. The predicted molar refractivity (Wildman–Crippen MR) is 74.5 cm³/mol. The van der Waals surface area contributed by atoms with Gasteiger partial charge < -0.3 is 14.9 Å². The number of nitro groups is 1. The second-order valence-electron chi connectivity index (χ2n) is 4.76. The maximum Gasteiger partial charge on any atom is 0.335 e. The zero-order chi connectivity index (χ0) is 15.6. The molecule has 0 unspecified atom stereocenters. The van der Waals surface area contributed by atoms with Crippen LogP contribution in [-0.4, -0.2) is 53.0 Å². The Kier molecular flexibility index (Phi) is 4.06. The summed E-state index contributed by atoms with van der Waals surface area (Å²) >= 11 is 0. The van der Waals surface area contributed by atoms with Crippen LogP contribution in [0.4, 0.5) is 11.4 Å². The lowest BCUT2D eigenvalue weighted by atomic mass is 10.1. The van der Waals surface area contributed by atoms with Crippen molar-refractivity contribution in [2.24, 2.45) is 0 Å². The second kappa shape index (κ2) is 5.78. The van der Waals surface area contributed by atoms with Crippen molar-refractivity contribution in [1.82, 2.24) is 4.90 Å². The van der Waals surface area contributed by atoms with Crippen molar-refractivity contribution in [3.8, 4) is 0 Å². The molecule has 1 heterocycles. The van der Waals surface area contributed by atoms with Gasteiger partial charge in [-0.05, 0) is 12.1 Å². The van der Waals surface area contributed by atoms with E-state index in [1.54, 1.807) is 9.80 Å². The quantitative estimate of drug-likeness (QED) is 0.657. The molecule has 1 aromatic rings. The van der Waals surface area contributed by atoms with E-state index in [1.807, 2.05) is 0 Å². The fourth-order valence-electron chi connectivity index (χ4n) is 2.33. The van der Waals surface area contributed by atoms with Gasteiger partial charge in [0.1, 0.15) is 5.69 Å². The van der Waals surface area contributed by atoms with Gasteiger partial charge in [-0.15, -0.1) is 0 Å². The van der Waals surface area contributed by atoms with E-state index < -0.39 is 10.9 Å². The molecule has 1 saturated heterocycles. The van der Waals surface area contributed by atoms with Crippen LogP contribution in [0.25, 0.3) is 0 Å². The first-order valence-corrected chi connectivity index (χ1v) is 6.42. The first kappa shape index (κ1) is 14.8. The van der Waals surface area contributed by atoms with Gasteiger partial charge in [-0.3, -0.25) is 14.9 Å². The summed E-state index contributed by atoms with van der Waals surface area (Å²) in [6, 6.07) is 3.86. The summed E-state index contributed by atoms with van der Waals surface area (Å²) in [5.41, 5.74) is 0.0344. The van der Waals surface area contributed by atoms with E-state index >= 15 is 0 Å². The number of carboxylic acid groups (broad SMARTS) is 1. The molecule has 1 N–H and O–H groups in total. The predicted octanol–water partition coefficient (Wildman–Crippen LogP) is 0.962. The largest absolute Gasteiger partial charge is 0.478 e. The lowest BCUT2D eigenvalue weighted by Gasteiger charge is -2.35. The summed E-state index contributed by atoms with van der Waals surface area (Å²) in [7, 11) is 0. The maximum atomic E-state index is 11.3. The molecule has 1 fully saturated rings. The Labute approximate surface area is 120 Å². The van der Waals surface area contributed by atoms with Gasteiger partial charge in [0.25, 0.3) is 5.69 Å². The van der Waals surface area contributed by atoms with Gasteiger partial charge in [0, 0.05) is 39.2 Å². The van der Waals surface area contributed by atoms with Crippen molar-refractivity contribution in [3.05, 3.63) is 33.9 Å². The molecule has 8 nitrogen and oxygen atoms in total. The molecule has 0 bridgehead atoms. The van der Waals surface area contributed by atoms with Crippen molar-refractivity contribution < 1.29 is 19.6 Å². The number of nitro benzene ring substituents is 1. The Bertz CT molecular complexity index is 593. The van der Waals surface area contributed by atoms with E-state index in [1.165, 1.54) is 19.1 Å². The summed E-state index contributed by atoms with van der Waals surface area (Å²) in [5, 5.41) is 20.0. The zero-order valence-corrected chi connectivity index (χ0v) is 11.5. The third kappa shape index (κ3) is 3.10.